The molecule has 29 heavy (non-hydrogen) atoms. The predicted octanol–water partition coefficient (Wildman–Crippen LogP) is 4.14. The lowest BCUT2D eigenvalue weighted by Crippen LogP contribution is -2.30. The van der Waals surface area contributed by atoms with Crippen LogP contribution in [0.3, 0.4) is 0 Å². The molecule has 6 nitrogen and oxygen atoms in total. The van der Waals surface area contributed by atoms with E-state index in [4.69, 9.17) is 0 Å². The number of rotatable bonds is 8. The van der Waals surface area contributed by atoms with E-state index < -0.39 is 0 Å². The molecule has 0 aliphatic carbocycles. The van der Waals surface area contributed by atoms with E-state index in [2.05, 4.69) is 27.8 Å². The molecule has 3 N–H and O–H groups in total. The first-order valence-corrected chi connectivity index (χ1v) is 10.4. The molecular weight excluding hydrogens is 364 g/mol. The van der Waals surface area contributed by atoms with Crippen LogP contribution < -0.4 is 20.9 Å². The molecule has 0 unspecified atom stereocenters. The molecule has 6 heteroatoms. The molecule has 3 rings (SSSR count). The number of carbonyl (C=O) groups excluding carboxylic acids is 2. The molecule has 0 radical (unpaired) electrons. The first kappa shape index (κ1) is 20.7. The van der Waals surface area contributed by atoms with Crippen molar-refractivity contribution in [2.24, 2.45) is 0 Å². The number of unbranched alkanes of at least 4 members (excludes halogenated alkanes) is 1. The van der Waals surface area contributed by atoms with E-state index in [0.717, 1.165) is 50.0 Å². The van der Waals surface area contributed by atoms with Crippen LogP contribution in [0.25, 0.3) is 0 Å². The number of anilines is 2. The standard InChI is InChI=1S/C23H30N4O2/c1-2-3-13-24-23(29)26-19-11-12-21(27-14-7-8-15-27)20(16-19)22(28)25-17-18-9-5-4-6-10-18/h4-6,9-12,16H,2-3,7-8,13-15,17H2,1H3,(H,25,28)(H2,24,26,29). The fourth-order valence-corrected chi connectivity index (χ4v) is 3.46. The second-order valence-electron chi connectivity index (χ2n) is 7.33. The average molecular weight is 395 g/mol. The van der Waals surface area contributed by atoms with Gasteiger partial charge in [0.25, 0.3) is 5.91 Å². The second kappa shape index (κ2) is 10.5. The van der Waals surface area contributed by atoms with Crippen LogP contribution in [0.1, 0.15) is 48.5 Å². The lowest BCUT2D eigenvalue weighted by molar-refractivity contribution is 0.0951. The van der Waals surface area contributed by atoms with Gasteiger partial charge in [-0.2, -0.15) is 0 Å². The Bertz CT molecular complexity index is 817. The molecule has 1 aliphatic rings. The predicted molar refractivity (Wildman–Crippen MR) is 117 cm³/mol. The second-order valence-corrected chi connectivity index (χ2v) is 7.33. The summed E-state index contributed by atoms with van der Waals surface area (Å²) in [5.41, 5.74) is 3.18. The number of amides is 3. The smallest absolute Gasteiger partial charge is 0.319 e. The lowest BCUT2D eigenvalue weighted by Gasteiger charge is -2.22. The quantitative estimate of drug-likeness (QED) is 0.589. The molecule has 0 bridgehead atoms. The van der Waals surface area contributed by atoms with Crippen LogP contribution in [0, 0.1) is 0 Å². The molecule has 0 atom stereocenters. The summed E-state index contributed by atoms with van der Waals surface area (Å²) in [6.07, 6.45) is 4.22. The minimum absolute atomic E-state index is 0.134. The number of benzene rings is 2. The van der Waals surface area contributed by atoms with E-state index in [0.29, 0.717) is 24.3 Å². The van der Waals surface area contributed by atoms with E-state index in [9.17, 15) is 9.59 Å². The summed E-state index contributed by atoms with van der Waals surface area (Å²) in [6.45, 7) is 5.08. The number of nitrogens with zero attached hydrogens (tertiary/aromatic N) is 1. The van der Waals surface area contributed by atoms with Gasteiger partial charge >= 0.3 is 6.03 Å². The summed E-state index contributed by atoms with van der Waals surface area (Å²) in [5.74, 6) is -0.134. The van der Waals surface area contributed by atoms with Crippen LogP contribution in [0.5, 0.6) is 0 Å². The van der Waals surface area contributed by atoms with Crippen LogP contribution in [0.15, 0.2) is 48.5 Å². The molecule has 2 aromatic carbocycles. The lowest BCUT2D eigenvalue weighted by atomic mass is 10.1. The molecule has 3 amide bonds. The van der Waals surface area contributed by atoms with Gasteiger partial charge in [0.2, 0.25) is 0 Å². The molecule has 1 saturated heterocycles. The normalized spacial score (nSPS) is 13.2. The van der Waals surface area contributed by atoms with Crippen LogP contribution in [0.2, 0.25) is 0 Å². The van der Waals surface area contributed by atoms with Gasteiger partial charge in [-0.05, 0) is 43.0 Å². The Hall–Kier alpha value is -3.02. The van der Waals surface area contributed by atoms with Crippen molar-refractivity contribution in [3.63, 3.8) is 0 Å². The molecule has 1 fully saturated rings. The highest BCUT2D eigenvalue weighted by Gasteiger charge is 2.20. The Labute approximate surface area is 172 Å². The maximum Gasteiger partial charge on any atom is 0.319 e. The van der Waals surface area contributed by atoms with Crippen molar-refractivity contribution >= 4 is 23.3 Å². The van der Waals surface area contributed by atoms with E-state index >= 15 is 0 Å². The van der Waals surface area contributed by atoms with Crippen molar-refractivity contribution in [3.8, 4) is 0 Å². The van der Waals surface area contributed by atoms with Crippen LogP contribution in [-0.2, 0) is 6.54 Å². The zero-order valence-electron chi connectivity index (χ0n) is 17.0. The van der Waals surface area contributed by atoms with E-state index in [-0.39, 0.29) is 11.9 Å². The Morgan fingerprint density at radius 3 is 2.48 bits per heavy atom. The highest BCUT2D eigenvalue weighted by Crippen LogP contribution is 2.27. The monoisotopic (exact) mass is 394 g/mol. The van der Waals surface area contributed by atoms with Crippen LogP contribution in [-0.4, -0.2) is 31.6 Å². The third kappa shape index (κ3) is 5.98. The molecule has 0 spiro atoms. The van der Waals surface area contributed by atoms with E-state index in [1.165, 1.54) is 0 Å². The van der Waals surface area contributed by atoms with Gasteiger partial charge in [0.1, 0.15) is 0 Å². The fraction of sp³-hybridized carbons (Fsp3) is 0.391. The van der Waals surface area contributed by atoms with Gasteiger partial charge in [-0.25, -0.2) is 4.79 Å². The fourth-order valence-electron chi connectivity index (χ4n) is 3.46. The van der Waals surface area contributed by atoms with Gasteiger partial charge in [-0.15, -0.1) is 0 Å². The highest BCUT2D eigenvalue weighted by molar-refractivity contribution is 6.02. The van der Waals surface area contributed by atoms with Gasteiger partial charge < -0.3 is 20.9 Å². The van der Waals surface area contributed by atoms with Crippen LogP contribution >= 0.6 is 0 Å². The summed E-state index contributed by atoms with van der Waals surface area (Å²) in [7, 11) is 0. The summed E-state index contributed by atoms with van der Waals surface area (Å²) >= 11 is 0. The maximum atomic E-state index is 13.0. The zero-order chi connectivity index (χ0) is 20.5. The number of nitrogens with one attached hydrogen (secondary N) is 3. The largest absolute Gasteiger partial charge is 0.371 e. The Kier molecular flexibility index (Phi) is 7.50. The molecule has 0 aromatic heterocycles. The minimum Gasteiger partial charge on any atom is -0.371 e. The Balaban J connectivity index is 1.73. The zero-order valence-corrected chi connectivity index (χ0v) is 17.0. The van der Waals surface area contributed by atoms with Gasteiger partial charge in [-0.3, -0.25) is 4.79 Å². The number of hydrogen-bond acceptors (Lipinski definition) is 3. The molecule has 154 valence electrons. The van der Waals surface area contributed by atoms with Crippen molar-refractivity contribution < 1.29 is 9.59 Å². The number of hydrogen-bond donors (Lipinski definition) is 3. The van der Waals surface area contributed by atoms with Crippen molar-refractivity contribution in [2.75, 3.05) is 29.9 Å². The summed E-state index contributed by atoms with van der Waals surface area (Å²) < 4.78 is 0. The van der Waals surface area contributed by atoms with E-state index in [1.807, 2.05) is 42.5 Å². The Morgan fingerprint density at radius 2 is 1.76 bits per heavy atom. The first-order valence-electron chi connectivity index (χ1n) is 10.4. The van der Waals surface area contributed by atoms with Gasteiger partial charge in [-0.1, -0.05) is 43.7 Å². The van der Waals surface area contributed by atoms with Crippen molar-refractivity contribution in [1.29, 1.82) is 0 Å². The van der Waals surface area contributed by atoms with E-state index in [1.54, 1.807) is 6.07 Å². The summed E-state index contributed by atoms with van der Waals surface area (Å²) in [5, 5.41) is 8.68. The molecule has 0 saturated carbocycles. The minimum atomic E-state index is -0.247. The van der Waals surface area contributed by atoms with Crippen molar-refractivity contribution in [2.45, 2.75) is 39.2 Å². The number of carbonyl (C=O) groups is 2. The molecule has 2 aromatic rings. The Morgan fingerprint density at radius 1 is 1.00 bits per heavy atom. The summed E-state index contributed by atoms with van der Waals surface area (Å²) in [6, 6.07) is 15.2. The molecule has 1 heterocycles. The van der Waals surface area contributed by atoms with Crippen molar-refractivity contribution in [3.05, 3.63) is 59.7 Å². The van der Waals surface area contributed by atoms with Gasteiger partial charge in [0.15, 0.2) is 0 Å². The average Bonchev–Trinajstić information content (AvgIpc) is 3.27. The van der Waals surface area contributed by atoms with Gasteiger partial charge in [0, 0.05) is 37.6 Å². The SMILES string of the molecule is CCCCNC(=O)Nc1ccc(N2CCCC2)c(C(=O)NCc2ccccc2)c1. The number of urea groups is 1. The third-order valence-electron chi connectivity index (χ3n) is 5.06. The van der Waals surface area contributed by atoms with Crippen LogP contribution in [0.4, 0.5) is 16.2 Å². The highest BCUT2D eigenvalue weighted by atomic mass is 16.2. The molecular formula is C23H30N4O2. The van der Waals surface area contributed by atoms with Gasteiger partial charge in [0.05, 0.1) is 5.56 Å². The first-order chi connectivity index (χ1) is 14.2. The summed E-state index contributed by atoms with van der Waals surface area (Å²) in [4.78, 5) is 27.3. The maximum absolute atomic E-state index is 13.0. The molecule has 1 aliphatic heterocycles. The van der Waals surface area contributed by atoms with Crippen molar-refractivity contribution in [1.82, 2.24) is 10.6 Å². The third-order valence-corrected chi connectivity index (χ3v) is 5.06. The topological polar surface area (TPSA) is 73.5 Å².